The molecule has 0 spiro atoms. The molecule has 10 nitrogen and oxygen atoms in total. The first-order valence-electron chi connectivity index (χ1n) is 17.5. The monoisotopic (exact) mass is 652 g/mol. The van der Waals surface area contributed by atoms with Crippen molar-refractivity contribution in [1.82, 2.24) is 4.90 Å². The second-order valence-corrected chi connectivity index (χ2v) is 15.9. The molecule has 2 unspecified atom stereocenters. The Hall–Kier alpha value is -1.56. The predicted molar refractivity (Wildman–Crippen MR) is 179 cm³/mol. The van der Waals surface area contributed by atoms with Crippen molar-refractivity contribution in [1.29, 1.82) is 0 Å². The Labute approximate surface area is 277 Å². The van der Waals surface area contributed by atoms with Crippen LogP contribution in [0.15, 0.2) is 17.3 Å². The minimum absolute atomic E-state index is 0.0111. The second-order valence-electron chi connectivity index (χ2n) is 15.9. The van der Waals surface area contributed by atoms with Crippen LogP contribution in [0.3, 0.4) is 0 Å². The molecule has 0 saturated carbocycles. The molecule has 3 N–H and O–H groups in total. The molecular formula is C36H64N2O8. The van der Waals surface area contributed by atoms with Crippen LogP contribution >= 0.6 is 0 Å². The fraction of sp³-hybridized carbons (Fsp3) is 0.889. The van der Waals surface area contributed by atoms with Crippen LogP contribution in [0, 0.1) is 23.2 Å². The fourth-order valence-corrected chi connectivity index (χ4v) is 8.07. The fourth-order valence-electron chi connectivity index (χ4n) is 8.07. The number of aliphatic hydroxyl groups excluding tert-OH is 1. The highest BCUT2D eigenvalue weighted by atomic mass is 16.7. The van der Waals surface area contributed by atoms with Gasteiger partial charge in [0.2, 0.25) is 0 Å². The summed E-state index contributed by atoms with van der Waals surface area (Å²) in [6.07, 6.45) is 3.90. The lowest BCUT2D eigenvalue weighted by atomic mass is 9.74. The molecule has 3 saturated heterocycles. The molecule has 46 heavy (non-hydrogen) atoms. The molecule has 3 aliphatic heterocycles. The van der Waals surface area contributed by atoms with Crippen LogP contribution in [0.1, 0.15) is 113 Å². The maximum Gasteiger partial charge on any atom is 0.336 e. The summed E-state index contributed by atoms with van der Waals surface area (Å²) in [6.45, 7) is 18.5. The number of cyclic esters (lactones) is 1. The number of nitrogens with zero attached hydrogens (tertiary/aromatic N) is 2. The normalized spacial score (nSPS) is 41.3. The molecule has 3 fully saturated rings. The van der Waals surface area contributed by atoms with E-state index in [-0.39, 0.29) is 59.8 Å². The van der Waals surface area contributed by atoms with E-state index in [0.717, 1.165) is 25.7 Å². The van der Waals surface area contributed by atoms with Crippen molar-refractivity contribution in [3.63, 3.8) is 0 Å². The van der Waals surface area contributed by atoms with Crippen LogP contribution in [0.2, 0.25) is 0 Å². The lowest BCUT2D eigenvalue weighted by Gasteiger charge is -2.42. The lowest BCUT2D eigenvalue weighted by Crippen LogP contribution is -2.44. The van der Waals surface area contributed by atoms with E-state index in [4.69, 9.17) is 18.9 Å². The molecule has 10 heteroatoms. The number of esters is 1. The summed E-state index contributed by atoms with van der Waals surface area (Å²) in [5.74, 6) is -1.26. The first-order valence-corrected chi connectivity index (χ1v) is 17.5. The SMILES string of the molecule is C=C1C(=O)O[C@H](CC)[C@@](C)(O)CC/C(=N/O)C(C)C[C@H](CO[C@H]2C[C@@H](N(C)C)C[C@@H](C)O2)C[C@@H](CC2CC(C)(C)C[C@H](C)O2)[C@@H]1O. The number of hydrogen-bond acceptors (Lipinski definition) is 10. The van der Waals surface area contributed by atoms with E-state index >= 15 is 0 Å². The summed E-state index contributed by atoms with van der Waals surface area (Å²) in [5, 5.41) is 36.9. The van der Waals surface area contributed by atoms with Gasteiger partial charge in [-0.3, -0.25) is 0 Å². The zero-order chi connectivity index (χ0) is 34.4. The average Bonchev–Trinajstić information content (AvgIpc) is 2.95. The summed E-state index contributed by atoms with van der Waals surface area (Å²) in [7, 11) is 4.16. The van der Waals surface area contributed by atoms with E-state index in [0.29, 0.717) is 50.5 Å². The average molecular weight is 653 g/mol. The third-order valence-corrected chi connectivity index (χ3v) is 10.6. The van der Waals surface area contributed by atoms with E-state index in [2.05, 4.69) is 58.4 Å². The smallest absolute Gasteiger partial charge is 0.336 e. The van der Waals surface area contributed by atoms with Crippen LogP contribution in [-0.2, 0) is 23.7 Å². The molecule has 3 rings (SSSR count). The van der Waals surface area contributed by atoms with Crippen molar-refractivity contribution in [3.05, 3.63) is 12.2 Å². The maximum atomic E-state index is 13.4. The Morgan fingerprint density at radius 1 is 1.04 bits per heavy atom. The molecule has 0 bridgehead atoms. The van der Waals surface area contributed by atoms with Gasteiger partial charge in [-0.25, -0.2) is 4.79 Å². The molecular weight excluding hydrogens is 588 g/mol. The minimum Gasteiger partial charge on any atom is -0.456 e. The summed E-state index contributed by atoms with van der Waals surface area (Å²) >= 11 is 0. The zero-order valence-electron chi connectivity index (χ0n) is 30.0. The van der Waals surface area contributed by atoms with Gasteiger partial charge in [0.1, 0.15) is 6.10 Å². The first-order chi connectivity index (χ1) is 21.4. The quantitative estimate of drug-likeness (QED) is 0.137. The number of rotatable bonds is 7. The van der Waals surface area contributed by atoms with Crippen molar-refractivity contribution in [2.75, 3.05) is 20.7 Å². The van der Waals surface area contributed by atoms with E-state index in [1.165, 1.54) is 0 Å². The minimum atomic E-state index is -1.37. The largest absolute Gasteiger partial charge is 0.456 e. The third-order valence-electron chi connectivity index (χ3n) is 10.6. The van der Waals surface area contributed by atoms with Crippen LogP contribution < -0.4 is 0 Å². The highest BCUT2D eigenvalue weighted by Crippen LogP contribution is 2.40. The van der Waals surface area contributed by atoms with Crippen LogP contribution in [0.4, 0.5) is 0 Å². The Morgan fingerprint density at radius 2 is 1.74 bits per heavy atom. The van der Waals surface area contributed by atoms with Gasteiger partial charge in [0, 0.05) is 12.5 Å². The molecule has 0 amide bonds. The highest BCUT2D eigenvalue weighted by Gasteiger charge is 2.40. The van der Waals surface area contributed by atoms with E-state index in [9.17, 15) is 20.2 Å². The van der Waals surface area contributed by atoms with Gasteiger partial charge < -0.3 is 39.3 Å². The Bertz CT molecular complexity index is 1030. The van der Waals surface area contributed by atoms with Gasteiger partial charge in [-0.1, -0.05) is 39.4 Å². The van der Waals surface area contributed by atoms with Crippen molar-refractivity contribution in [2.45, 2.75) is 161 Å². The molecule has 0 aliphatic carbocycles. The molecule has 0 radical (unpaired) electrons. The molecule has 0 aromatic carbocycles. The van der Waals surface area contributed by atoms with E-state index in [1.807, 2.05) is 13.8 Å². The Balaban J connectivity index is 1.94. The maximum absolute atomic E-state index is 13.4. The molecule has 3 aliphatic rings. The van der Waals surface area contributed by atoms with Crippen LogP contribution in [0.25, 0.3) is 0 Å². The molecule has 11 atom stereocenters. The number of oxime groups is 1. The number of carbonyl (C=O) groups excluding carboxylic acids is 1. The van der Waals surface area contributed by atoms with Gasteiger partial charge in [0.25, 0.3) is 0 Å². The molecule has 0 aromatic heterocycles. The van der Waals surface area contributed by atoms with Gasteiger partial charge in [-0.05, 0) is 116 Å². The van der Waals surface area contributed by atoms with Crippen molar-refractivity contribution < 1.29 is 39.2 Å². The first kappa shape index (κ1) is 38.9. The summed E-state index contributed by atoms with van der Waals surface area (Å²) in [5.41, 5.74) is -0.714. The molecule has 0 aromatic rings. The van der Waals surface area contributed by atoms with Gasteiger partial charge >= 0.3 is 5.97 Å². The lowest BCUT2D eigenvalue weighted by molar-refractivity contribution is -0.208. The summed E-state index contributed by atoms with van der Waals surface area (Å²) in [4.78, 5) is 15.6. The summed E-state index contributed by atoms with van der Waals surface area (Å²) in [6, 6.07) is 0.349. The number of aliphatic hydroxyl groups is 2. The van der Waals surface area contributed by atoms with Gasteiger partial charge in [-0.15, -0.1) is 0 Å². The zero-order valence-corrected chi connectivity index (χ0v) is 30.0. The summed E-state index contributed by atoms with van der Waals surface area (Å²) < 4.78 is 24.9. The Kier molecular flexibility index (Phi) is 14.1. The van der Waals surface area contributed by atoms with Crippen LogP contribution in [0.5, 0.6) is 0 Å². The van der Waals surface area contributed by atoms with Gasteiger partial charge in [0.15, 0.2) is 6.29 Å². The number of ether oxygens (including phenoxy) is 4. The highest BCUT2D eigenvalue weighted by molar-refractivity contribution is 5.89. The van der Waals surface area contributed by atoms with Gasteiger partial charge in [-0.2, -0.15) is 0 Å². The van der Waals surface area contributed by atoms with Crippen molar-refractivity contribution in [2.24, 2.45) is 28.3 Å². The molecule has 266 valence electrons. The Morgan fingerprint density at radius 3 is 2.35 bits per heavy atom. The van der Waals surface area contributed by atoms with Gasteiger partial charge in [0.05, 0.1) is 47.9 Å². The second kappa shape index (κ2) is 16.7. The number of hydrogen-bond donors (Lipinski definition) is 3. The van der Waals surface area contributed by atoms with Crippen molar-refractivity contribution in [3.8, 4) is 0 Å². The molecule has 3 heterocycles. The van der Waals surface area contributed by atoms with E-state index in [1.54, 1.807) is 6.92 Å². The van der Waals surface area contributed by atoms with E-state index < -0.39 is 23.8 Å². The number of carbonyl (C=O) groups is 1. The topological polar surface area (TPSA) is 130 Å². The predicted octanol–water partition coefficient (Wildman–Crippen LogP) is 5.70. The van der Waals surface area contributed by atoms with Crippen LogP contribution in [-0.4, -0.2) is 101 Å². The van der Waals surface area contributed by atoms with Crippen molar-refractivity contribution >= 4 is 11.7 Å². The standard InChI is InChI=1S/C36H64N2O8/c1-11-31-36(8,41)13-12-30(37-42)22(2)14-26(21-43-32-18-28(38(9)10)15-23(3)45-32)16-27(33(39)25(5)34(40)46-31)17-29-20-35(6,7)19-24(4)44-29/h22-24,26-29,31-33,39,41-42H,5,11-21H2,1-4,6-10H3/b37-30-/t22?,23-,24+,26+,27+,28+,29?,31-,32-,33-,36+/m1/s1. The third kappa shape index (κ3) is 11.0.